The molecule has 1 atom stereocenters. The van der Waals surface area contributed by atoms with Crippen LogP contribution < -0.4 is 10.2 Å². The largest absolute Gasteiger partial charge is 0.465 e. The highest BCUT2D eigenvalue weighted by molar-refractivity contribution is 6.35. The quantitative estimate of drug-likeness (QED) is 0.822. The molecule has 1 fully saturated rings. The molecule has 24 heavy (non-hydrogen) atoms. The lowest BCUT2D eigenvalue weighted by atomic mass is 10.0. The Balaban J connectivity index is 2.01. The van der Waals surface area contributed by atoms with E-state index in [-0.39, 0.29) is 0 Å². The summed E-state index contributed by atoms with van der Waals surface area (Å²) in [7, 11) is 0. The molecule has 0 bridgehead atoms. The van der Waals surface area contributed by atoms with E-state index in [1.807, 2.05) is 24.3 Å². The number of nitrogens with one attached hydrogen (secondary N) is 1. The lowest BCUT2D eigenvalue weighted by molar-refractivity contribution is 0.200. The van der Waals surface area contributed by atoms with Crippen molar-refractivity contribution in [1.82, 2.24) is 5.32 Å². The van der Waals surface area contributed by atoms with E-state index < -0.39 is 6.09 Å². The number of carbonyl (C=O) groups is 1. The van der Waals surface area contributed by atoms with Crippen molar-refractivity contribution in [2.45, 2.75) is 6.42 Å². The maximum atomic E-state index is 11.9. The van der Waals surface area contributed by atoms with Gasteiger partial charge in [-0.15, -0.1) is 0 Å². The van der Waals surface area contributed by atoms with Gasteiger partial charge < -0.3 is 10.4 Å². The van der Waals surface area contributed by atoms with E-state index >= 15 is 0 Å². The first-order valence-electron chi connectivity index (χ1n) is 7.81. The second-order valence-electron chi connectivity index (χ2n) is 5.93. The van der Waals surface area contributed by atoms with Crippen LogP contribution in [0.1, 0.15) is 6.42 Å². The Morgan fingerprint density at radius 3 is 2.54 bits per heavy atom. The van der Waals surface area contributed by atoms with Crippen molar-refractivity contribution < 1.29 is 9.90 Å². The van der Waals surface area contributed by atoms with Crippen molar-refractivity contribution in [3.8, 4) is 11.1 Å². The SMILES string of the molecule is O=C(O)N(CC1CCNC1)c1ccccc1-c1cc(Cl)cc(Cl)c1. The number of amides is 1. The summed E-state index contributed by atoms with van der Waals surface area (Å²) >= 11 is 12.2. The van der Waals surface area contributed by atoms with Gasteiger partial charge in [-0.1, -0.05) is 41.4 Å². The lowest BCUT2D eigenvalue weighted by Crippen LogP contribution is -2.35. The summed E-state index contributed by atoms with van der Waals surface area (Å²) in [5, 5.41) is 14.0. The van der Waals surface area contributed by atoms with Crippen molar-refractivity contribution in [2.75, 3.05) is 24.5 Å². The fraction of sp³-hybridized carbons (Fsp3) is 0.278. The third-order valence-corrected chi connectivity index (χ3v) is 4.64. The van der Waals surface area contributed by atoms with Crippen LogP contribution in [0.25, 0.3) is 11.1 Å². The molecule has 4 nitrogen and oxygen atoms in total. The van der Waals surface area contributed by atoms with Gasteiger partial charge in [-0.2, -0.15) is 0 Å². The van der Waals surface area contributed by atoms with Crippen molar-refractivity contribution in [2.24, 2.45) is 5.92 Å². The number of nitrogens with zero attached hydrogens (tertiary/aromatic N) is 1. The molecule has 126 valence electrons. The van der Waals surface area contributed by atoms with Gasteiger partial charge in [0, 0.05) is 22.2 Å². The van der Waals surface area contributed by atoms with E-state index in [2.05, 4.69) is 5.32 Å². The number of hydrogen-bond donors (Lipinski definition) is 2. The van der Waals surface area contributed by atoms with Crippen LogP contribution in [0.5, 0.6) is 0 Å². The summed E-state index contributed by atoms with van der Waals surface area (Å²) in [6.45, 7) is 2.24. The molecule has 0 aliphatic carbocycles. The number of para-hydroxylation sites is 1. The van der Waals surface area contributed by atoms with Crippen molar-refractivity contribution >= 4 is 35.0 Å². The van der Waals surface area contributed by atoms with E-state index in [9.17, 15) is 9.90 Å². The topological polar surface area (TPSA) is 52.6 Å². The highest BCUT2D eigenvalue weighted by Crippen LogP contribution is 2.34. The zero-order valence-corrected chi connectivity index (χ0v) is 14.5. The molecular weight excluding hydrogens is 347 g/mol. The third kappa shape index (κ3) is 3.83. The van der Waals surface area contributed by atoms with Gasteiger partial charge in [0.2, 0.25) is 0 Å². The highest BCUT2D eigenvalue weighted by atomic mass is 35.5. The smallest absolute Gasteiger partial charge is 0.411 e. The second-order valence-corrected chi connectivity index (χ2v) is 6.80. The van der Waals surface area contributed by atoms with E-state index in [1.54, 1.807) is 18.2 Å². The molecule has 1 saturated heterocycles. The van der Waals surface area contributed by atoms with Crippen molar-refractivity contribution in [1.29, 1.82) is 0 Å². The van der Waals surface area contributed by atoms with Crippen LogP contribution in [-0.4, -0.2) is 30.8 Å². The Labute approximate surface area is 151 Å². The molecule has 1 unspecified atom stereocenters. The molecule has 2 aromatic carbocycles. The Hall–Kier alpha value is -1.75. The standard InChI is InChI=1S/C18H18Cl2N2O2/c19-14-7-13(8-15(20)9-14)16-3-1-2-4-17(16)22(18(23)24)11-12-5-6-21-10-12/h1-4,7-9,12,21H,5-6,10-11H2,(H,23,24). The van der Waals surface area contributed by atoms with E-state index in [1.165, 1.54) is 4.90 Å². The Morgan fingerprint density at radius 2 is 1.92 bits per heavy atom. The van der Waals surface area contributed by atoms with Crippen LogP contribution >= 0.6 is 23.2 Å². The summed E-state index contributed by atoms with van der Waals surface area (Å²) in [5.74, 6) is 0.317. The molecule has 1 amide bonds. The molecule has 1 aliphatic rings. The van der Waals surface area contributed by atoms with Gasteiger partial charge in [-0.3, -0.25) is 4.90 Å². The summed E-state index contributed by atoms with van der Waals surface area (Å²) < 4.78 is 0. The fourth-order valence-electron chi connectivity index (χ4n) is 3.07. The van der Waals surface area contributed by atoms with Gasteiger partial charge in [0.05, 0.1) is 5.69 Å². The van der Waals surface area contributed by atoms with Crippen molar-refractivity contribution in [3.63, 3.8) is 0 Å². The van der Waals surface area contributed by atoms with Crippen LogP contribution in [0.4, 0.5) is 10.5 Å². The number of rotatable bonds is 4. The second kappa shape index (κ2) is 7.43. The summed E-state index contributed by atoms with van der Waals surface area (Å²) in [4.78, 5) is 13.3. The van der Waals surface area contributed by atoms with Gasteiger partial charge in [0.1, 0.15) is 0 Å². The van der Waals surface area contributed by atoms with Crippen LogP contribution in [0.3, 0.4) is 0 Å². The van der Waals surface area contributed by atoms with Crippen molar-refractivity contribution in [3.05, 3.63) is 52.5 Å². The summed E-state index contributed by atoms with van der Waals surface area (Å²) in [6.07, 6.45) is 0.0250. The highest BCUT2D eigenvalue weighted by Gasteiger charge is 2.24. The molecule has 2 N–H and O–H groups in total. The molecule has 0 radical (unpaired) electrons. The molecular formula is C18H18Cl2N2O2. The third-order valence-electron chi connectivity index (χ3n) is 4.20. The fourth-order valence-corrected chi connectivity index (χ4v) is 3.60. The van der Waals surface area contributed by atoms with Crippen LogP contribution in [0, 0.1) is 5.92 Å². The Kier molecular flexibility index (Phi) is 5.29. The minimum atomic E-state index is -0.956. The average molecular weight is 365 g/mol. The molecule has 0 aromatic heterocycles. The van der Waals surface area contributed by atoms with Gasteiger partial charge in [-0.05, 0) is 55.3 Å². The number of benzene rings is 2. The monoisotopic (exact) mass is 364 g/mol. The Morgan fingerprint density at radius 1 is 1.21 bits per heavy atom. The predicted octanol–water partition coefficient (Wildman–Crippen LogP) is 4.75. The molecule has 1 heterocycles. The molecule has 6 heteroatoms. The molecule has 2 aromatic rings. The molecule has 1 aliphatic heterocycles. The number of anilines is 1. The van der Waals surface area contributed by atoms with Gasteiger partial charge in [-0.25, -0.2) is 4.79 Å². The summed E-state index contributed by atoms with van der Waals surface area (Å²) in [5.41, 5.74) is 2.25. The van der Waals surface area contributed by atoms with E-state index in [0.29, 0.717) is 28.2 Å². The van der Waals surface area contributed by atoms with Crippen LogP contribution in [0.2, 0.25) is 10.0 Å². The maximum absolute atomic E-state index is 11.9. The number of carboxylic acid groups (broad SMARTS) is 1. The van der Waals surface area contributed by atoms with Gasteiger partial charge in [0.25, 0.3) is 0 Å². The molecule has 0 spiro atoms. The van der Waals surface area contributed by atoms with Crippen LogP contribution in [0.15, 0.2) is 42.5 Å². The van der Waals surface area contributed by atoms with E-state index in [0.717, 1.165) is 30.6 Å². The first-order chi connectivity index (χ1) is 11.5. The first-order valence-corrected chi connectivity index (χ1v) is 8.57. The van der Waals surface area contributed by atoms with Crippen LogP contribution in [-0.2, 0) is 0 Å². The number of halogens is 2. The Bertz CT molecular complexity index is 725. The lowest BCUT2D eigenvalue weighted by Gasteiger charge is -2.25. The first kappa shape index (κ1) is 17.1. The average Bonchev–Trinajstić information content (AvgIpc) is 3.04. The minimum absolute atomic E-state index is 0.317. The maximum Gasteiger partial charge on any atom is 0.411 e. The van der Waals surface area contributed by atoms with E-state index in [4.69, 9.17) is 23.2 Å². The zero-order chi connectivity index (χ0) is 17.1. The number of hydrogen-bond acceptors (Lipinski definition) is 2. The summed E-state index contributed by atoms with van der Waals surface area (Å²) in [6, 6.07) is 12.7. The zero-order valence-electron chi connectivity index (χ0n) is 13.0. The minimum Gasteiger partial charge on any atom is -0.465 e. The van der Waals surface area contributed by atoms with Gasteiger partial charge in [0.15, 0.2) is 0 Å². The molecule has 3 rings (SSSR count). The van der Waals surface area contributed by atoms with Gasteiger partial charge >= 0.3 is 6.09 Å². The predicted molar refractivity (Wildman–Crippen MR) is 98.2 cm³/mol. The molecule has 0 saturated carbocycles. The normalized spacial score (nSPS) is 17.0.